The number of carboxylic acid groups (broad SMARTS) is 1. The van der Waals surface area contributed by atoms with Gasteiger partial charge in [0.15, 0.2) is 14.9 Å². The van der Waals surface area contributed by atoms with Crippen LogP contribution in [0.5, 0.6) is 0 Å². The number of nitrogens with zero attached hydrogens (tertiary/aromatic N) is 1. The maximum atomic E-state index is 12.2. The summed E-state index contributed by atoms with van der Waals surface area (Å²) in [4.78, 5) is 11.2. The van der Waals surface area contributed by atoms with Crippen molar-refractivity contribution >= 4 is 31.5 Å². The normalized spacial score (nSPS) is 18.9. The average Bonchev–Trinajstić information content (AvgIpc) is 2.65. The van der Waals surface area contributed by atoms with Crippen LogP contribution in [0.1, 0.15) is 5.56 Å². The van der Waals surface area contributed by atoms with Crippen LogP contribution in [0.2, 0.25) is 0 Å². The Labute approximate surface area is 116 Å². The summed E-state index contributed by atoms with van der Waals surface area (Å²) in [5, 5.41) is 8.05. The van der Waals surface area contributed by atoms with E-state index in [1.165, 1.54) is 6.07 Å². The van der Waals surface area contributed by atoms with Gasteiger partial charge in [-0.2, -0.15) is 0 Å². The lowest BCUT2D eigenvalue weighted by molar-refractivity contribution is -0.138. The van der Waals surface area contributed by atoms with Gasteiger partial charge >= 0.3 is 5.97 Å². The molecule has 2 rings (SSSR count). The van der Waals surface area contributed by atoms with Gasteiger partial charge in [0.2, 0.25) is 10.0 Å². The first-order valence-electron chi connectivity index (χ1n) is 5.62. The molecule has 0 aromatic heterocycles. The van der Waals surface area contributed by atoms with Crippen molar-refractivity contribution in [2.75, 3.05) is 15.6 Å². The van der Waals surface area contributed by atoms with Crippen LogP contribution in [0, 0.1) is 0 Å². The van der Waals surface area contributed by atoms with E-state index in [0.717, 1.165) is 6.26 Å². The first-order chi connectivity index (χ1) is 9.12. The average molecular weight is 319 g/mol. The van der Waals surface area contributed by atoms with Crippen molar-refractivity contribution in [3.8, 4) is 0 Å². The summed E-state index contributed by atoms with van der Waals surface area (Å²) in [6.07, 6.45) is 0.816. The van der Waals surface area contributed by atoms with Gasteiger partial charge in [-0.15, -0.1) is 0 Å². The molecule has 0 saturated carbocycles. The van der Waals surface area contributed by atoms with Crippen molar-refractivity contribution < 1.29 is 26.7 Å². The van der Waals surface area contributed by atoms with E-state index in [2.05, 4.69) is 0 Å². The van der Waals surface area contributed by atoms with Crippen LogP contribution in [0.25, 0.3) is 0 Å². The second kappa shape index (κ2) is 4.74. The van der Waals surface area contributed by atoms with E-state index in [-0.39, 0.29) is 12.1 Å². The second-order valence-corrected chi connectivity index (χ2v) is 8.99. The van der Waals surface area contributed by atoms with Crippen LogP contribution in [-0.4, -0.2) is 45.3 Å². The lowest BCUT2D eigenvalue weighted by Crippen LogP contribution is -2.44. The van der Waals surface area contributed by atoms with Crippen LogP contribution < -0.4 is 4.31 Å². The van der Waals surface area contributed by atoms with Gasteiger partial charge in [-0.25, -0.2) is 21.6 Å². The molecule has 0 saturated heterocycles. The Morgan fingerprint density at radius 3 is 2.45 bits per heavy atom. The molecule has 1 unspecified atom stereocenters. The predicted molar refractivity (Wildman–Crippen MR) is 72.7 cm³/mol. The number of benzene rings is 1. The monoisotopic (exact) mass is 319 g/mol. The van der Waals surface area contributed by atoms with Crippen LogP contribution in [-0.2, 0) is 31.1 Å². The molecule has 0 fully saturated rings. The molecule has 110 valence electrons. The summed E-state index contributed by atoms with van der Waals surface area (Å²) in [6.45, 7) is 0. The van der Waals surface area contributed by atoms with E-state index in [9.17, 15) is 21.6 Å². The minimum Gasteiger partial charge on any atom is -0.480 e. The molecule has 1 aliphatic rings. The second-order valence-electron chi connectivity index (χ2n) is 4.64. The molecule has 1 aromatic rings. The van der Waals surface area contributed by atoms with Crippen molar-refractivity contribution in [1.82, 2.24) is 0 Å². The maximum absolute atomic E-state index is 12.2. The lowest BCUT2D eigenvalue weighted by Gasteiger charge is -2.23. The van der Waals surface area contributed by atoms with Crippen LogP contribution in [0.15, 0.2) is 24.3 Å². The molecule has 0 spiro atoms. The Balaban J connectivity index is 2.54. The third kappa shape index (κ3) is 2.78. The molecule has 0 aliphatic carbocycles. The highest BCUT2D eigenvalue weighted by Crippen LogP contribution is 2.34. The topological polar surface area (TPSA) is 109 Å². The Kier molecular flexibility index (Phi) is 3.51. The number of sulfone groups is 1. The summed E-state index contributed by atoms with van der Waals surface area (Å²) in [6, 6.07) is 5.04. The highest BCUT2D eigenvalue weighted by atomic mass is 32.3. The molecule has 1 N–H and O–H groups in total. The van der Waals surface area contributed by atoms with E-state index in [1.807, 2.05) is 0 Å². The first kappa shape index (κ1) is 14.8. The highest BCUT2D eigenvalue weighted by molar-refractivity contribution is 8.08. The number of sulfonamides is 1. The molecule has 0 amide bonds. The third-order valence-corrected chi connectivity index (χ3v) is 6.83. The Bertz CT molecular complexity index is 753. The maximum Gasteiger partial charge on any atom is 0.327 e. The van der Waals surface area contributed by atoms with E-state index < -0.39 is 37.0 Å². The molecule has 1 aliphatic heterocycles. The number of carboxylic acids is 1. The zero-order valence-electron chi connectivity index (χ0n) is 10.6. The predicted octanol–water partition coefficient (Wildman–Crippen LogP) is -0.166. The molecular formula is C11H13NO6S2. The SMILES string of the molecule is CS(=O)(=O)CS(=O)(=O)N1c2ccccc2CC1C(=O)O. The number of carbonyl (C=O) groups is 1. The molecular weight excluding hydrogens is 306 g/mol. The molecule has 1 atom stereocenters. The van der Waals surface area contributed by atoms with E-state index >= 15 is 0 Å². The van der Waals surface area contributed by atoms with E-state index in [4.69, 9.17) is 5.11 Å². The fraction of sp³-hybridized carbons (Fsp3) is 0.364. The van der Waals surface area contributed by atoms with Gasteiger partial charge < -0.3 is 5.11 Å². The van der Waals surface area contributed by atoms with Crippen molar-refractivity contribution in [3.63, 3.8) is 0 Å². The Morgan fingerprint density at radius 1 is 1.30 bits per heavy atom. The van der Waals surface area contributed by atoms with Crippen LogP contribution >= 0.6 is 0 Å². The van der Waals surface area contributed by atoms with Gasteiger partial charge in [-0.1, -0.05) is 18.2 Å². The molecule has 7 nitrogen and oxygen atoms in total. The number of anilines is 1. The Morgan fingerprint density at radius 2 is 1.90 bits per heavy atom. The van der Waals surface area contributed by atoms with Crippen molar-refractivity contribution in [2.45, 2.75) is 12.5 Å². The Hall–Kier alpha value is -1.61. The summed E-state index contributed by atoms with van der Waals surface area (Å²) in [5.74, 6) is -1.31. The van der Waals surface area contributed by atoms with Crippen molar-refractivity contribution in [1.29, 1.82) is 0 Å². The number of aliphatic carboxylic acids is 1. The molecule has 0 bridgehead atoms. The fourth-order valence-electron chi connectivity index (χ4n) is 2.22. The smallest absolute Gasteiger partial charge is 0.327 e. The van der Waals surface area contributed by atoms with Gasteiger partial charge in [0.1, 0.15) is 6.04 Å². The summed E-state index contributed by atoms with van der Waals surface area (Å²) in [5.41, 5.74) is 0.792. The lowest BCUT2D eigenvalue weighted by atomic mass is 10.1. The van der Waals surface area contributed by atoms with E-state index in [0.29, 0.717) is 9.87 Å². The van der Waals surface area contributed by atoms with Crippen LogP contribution in [0.4, 0.5) is 5.69 Å². The fourth-order valence-corrected chi connectivity index (χ4v) is 5.86. The highest BCUT2D eigenvalue weighted by Gasteiger charge is 2.42. The molecule has 20 heavy (non-hydrogen) atoms. The van der Waals surface area contributed by atoms with Gasteiger partial charge in [0.25, 0.3) is 0 Å². The number of fused-ring (bicyclic) bond motifs is 1. The molecule has 1 heterocycles. The number of rotatable bonds is 4. The number of para-hydroxylation sites is 1. The number of hydrogen-bond acceptors (Lipinski definition) is 5. The molecule has 9 heteroatoms. The summed E-state index contributed by atoms with van der Waals surface area (Å²) in [7, 11) is -8.05. The van der Waals surface area contributed by atoms with Crippen molar-refractivity contribution in [3.05, 3.63) is 29.8 Å². The quantitative estimate of drug-likeness (QED) is 0.825. The van der Waals surface area contributed by atoms with Crippen molar-refractivity contribution in [2.24, 2.45) is 0 Å². The zero-order chi connectivity index (χ0) is 15.1. The van der Waals surface area contributed by atoms with E-state index in [1.54, 1.807) is 18.2 Å². The largest absolute Gasteiger partial charge is 0.480 e. The van der Waals surface area contributed by atoms with Crippen LogP contribution in [0.3, 0.4) is 0 Å². The summed E-state index contributed by atoms with van der Waals surface area (Å²) >= 11 is 0. The van der Waals surface area contributed by atoms with Gasteiger partial charge in [-0.05, 0) is 11.6 Å². The standard InChI is InChI=1S/C11H13NO6S2/c1-19(15,16)7-20(17,18)12-9-5-3-2-4-8(9)6-10(12)11(13)14/h2-5,10H,6-7H2,1H3,(H,13,14). The minimum absolute atomic E-state index is 0.0223. The van der Waals surface area contributed by atoms with Gasteiger partial charge in [-0.3, -0.25) is 4.31 Å². The molecule has 1 aromatic carbocycles. The molecule has 0 radical (unpaired) electrons. The summed E-state index contributed by atoms with van der Waals surface area (Å²) < 4.78 is 47.6. The zero-order valence-corrected chi connectivity index (χ0v) is 12.2. The first-order valence-corrected chi connectivity index (χ1v) is 9.29. The van der Waals surface area contributed by atoms with Gasteiger partial charge in [0.05, 0.1) is 5.69 Å². The number of hydrogen-bond donors (Lipinski definition) is 1. The van der Waals surface area contributed by atoms with Gasteiger partial charge in [0, 0.05) is 12.7 Å². The third-order valence-electron chi connectivity index (χ3n) is 2.87. The minimum atomic E-state index is -4.26.